The fourth-order valence-electron chi connectivity index (χ4n) is 1.73. The number of nitrogens with zero attached hydrogens (tertiary/aromatic N) is 3. The molecule has 1 aromatic carbocycles. The summed E-state index contributed by atoms with van der Waals surface area (Å²) in [6, 6.07) is 5.91. The van der Waals surface area contributed by atoms with Crippen molar-refractivity contribution >= 4 is 41.2 Å². The molecule has 1 heterocycles. The molecule has 2 aromatic rings. The first-order valence-electron chi connectivity index (χ1n) is 6.62. The van der Waals surface area contributed by atoms with Crippen LogP contribution in [-0.4, -0.2) is 22.2 Å². The van der Waals surface area contributed by atoms with E-state index in [0.29, 0.717) is 0 Å². The van der Waals surface area contributed by atoms with Gasteiger partial charge in [-0.3, -0.25) is 10.2 Å². The third-order valence-electron chi connectivity index (χ3n) is 2.96. The Kier molecular flexibility index (Phi) is 4.97. The van der Waals surface area contributed by atoms with Gasteiger partial charge in [0.1, 0.15) is 6.34 Å². The number of benzene rings is 1. The molecule has 0 spiro atoms. The topological polar surface area (TPSA) is 131 Å². The van der Waals surface area contributed by atoms with E-state index in [1.54, 1.807) is 0 Å². The molecular weight excluding hydrogens is 318 g/mol. The number of carbonyl (C=O) groups is 1. The maximum absolute atomic E-state index is 11.9. The molecule has 0 radical (unpaired) electrons. The Morgan fingerprint density at radius 1 is 1.26 bits per heavy atom. The van der Waals surface area contributed by atoms with Crippen molar-refractivity contribution in [1.82, 2.24) is 15.3 Å². The highest BCUT2D eigenvalue weighted by Crippen LogP contribution is 2.17. The van der Waals surface area contributed by atoms with Crippen LogP contribution < -0.4 is 22.2 Å². The van der Waals surface area contributed by atoms with Gasteiger partial charge < -0.3 is 16.8 Å². The summed E-state index contributed by atoms with van der Waals surface area (Å²) in [7, 11) is 0. The molecule has 0 unspecified atom stereocenters. The van der Waals surface area contributed by atoms with E-state index >= 15 is 0 Å². The van der Waals surface area contributed by atoms with Gasteiger partial charge in [0.2, 0.25) is 0 Å². The van der Waals surface area contributed by atoms with Gasteiger partial charge in [0.05, 0.1) is 5.69 Å². The maximum atomic E-state index is 11.9. The van der Waals surface area contributed by atoms with Gasteiger partial charge in [-0.1, -0.05) is 23.7 Å². The fourth-order valence-corrected chi connectivity index (χ4v) is 1.85. The summed E-state index contributed by atoms with van der Waals surface area (Å²) in [6.45, 7) is 3.92. The monoisotopic (exact) mass is 333 g/mol. The molecule has 2 rings (SSSR count). The van der Waals surface area contributed by atoms with E-state index in [4.69, 9.17) is 23.1 Å². The molecule has 120 valence electrons. The Hall–Kier alpha value is -2.87. The van der Waals surface area contributed by atoms with Gasteiger partial charge in [-0.25, -0.2) is 9.97 Å². The first kappa shape index (κ1) is 16.5. The lowest BCUT2D eigenvalue weighted by atomic mass is 10.1. The van der Waals surface area contributed by atoms with E-state index in [1.807, 2.05) is 32.0 Å². The highest BCUT2D eigenvalue weighted by Gasteiger charge is 2.14. The number of hydrazone groups is 1. The smallest absolute Gasteiger partial charge is 0.278 e. The molecular formula is C14H16ClN7O. The number of anilines is 3. The van der Waals surface area contributed by atoms with Crippen LogP contribution in [0.4, 0.5) is 17.3 Å². The summed E-state index contributed by atoms with van der Waals surface area (Å²) in [5.74, 6) is -0.741. The third kappa shape index (κ3) is 4.07. The molecule has 9 heteroatoms. The number of aromatic nitrogens is 2. The van der Waals surface area contributed by atoms with Crippen LogP contribution in [0, 0.1) is 13.8 Å². The van der Waals surface area contributed by atoms with Crippen LogP contribution in [0.3, 0.4) is 0 Å². The number of amides is 1. The molecule has 1 aromatic heterocycles. The minimum absolute atomic E-state index is 0.0361. The molecule has 0 bridgehead atoms. The zero-order valence-corrected chi connectivity index (χ0v) is 13.3. The number of hydrogen-bond donors (Lipinski definition) is 4. The molecule has 0 aliphatic heterocycles. The first-order valence-corrected chi connectivity index (χ1v) is 7.00. The molecule has 0 saturated heterocycles. The Labute approximate surface area is 137 Å². The summed E-state index contributed by atoms with van der Waals surface area (Å²) in [4.78, 5) is 19.5. The lowest BCUT2D eigenvalue weighted by molar-refractivity contribution is 0.0974. The quantitative estimate of drug-likeness (QED) is 0.382. The number of nitrogens with two attached hydrogens (primary N) is 2. The van der Waals surface area contributed by atoms with E-state index in [9.17, 15) is 4.79 Å². The van der Waals surface area contributed by atoms with Gasteiger partial charge in [-0.05, 0) is 31.0 Å². The molecule has 0 fully saturated rings. The molecule has 0 aliphatic carbocycles. The maximum Gasteiger partial charge on any atom is 0.278 e. The molecule has 0 aliphatic rings. The van der Waals surface area contributed by atoms with E-state index in [0.717, 1.165) is 16.8 Å². The molecule has 1 amide bonds. The van der Waals surface area contributed by atoms with Gasteiger partial charge in [0.15, 0.2) is 22.5 Å². The summed E-state index contributed by atoms with van der Waals surface area (Å²) in [5.41, 5.74) is 16.7. The number of nitrogen functional groups attached to an aromatic ring is 2. The van der Waals surface area contributed by atoms with Crippen molar-refractivity contribution in [2.45, 2.75) is 13.8 Å². The van der Waals surface area contributed by atoms with Gasteiger partial charge >= 0.3 is 0 Å². The zero-order valence-electron chi connectivity index (χ0n) is 12.6. The lowest BCUT2D eigenvalue weighted by Crippen LogP contribution is -2.25. The van der Waals surface area contributed by atoms with Crippen molar-refractivity contribution < 1.29 is 4.79 Å². The zero-order chi connectivity index (χ0) is 17.0. The van der Waals surface area contributed by atoms with Crippen LogP contribution in [0.2, 0.25) is 5.15 Å². The van der Waals surface area contributed by atoms with Crippen LogP contribution in [0.5, 0.6) is 0 Å². The number of hydrogen-bond acceptors (Lipinski definition) is 7. The second kappa shape index (κ2) is 6.93. The van der Waals surface area contributed by atoms with Crippen molar-refractivity contribution in [1.29, 1.82) is 0 Å². The van der Waals surface area contributed by atoms with Gasteiger partial charge in [0, 0.05) is 0 Å². The standard InChI is InChI=1S/C14H16ClN7O/c1-7-3-4-8(2)9(5-7)22-19-6-18-14(23)10-12(16)21-13(17)11(15)20-10/h3-6,22H,1-2H3,(H4,16,17,21)(H,18,19,23). The predicted molar refractivity (Wildman–Crippen MR) is 91.4 cm³/mol. The number of carbonyl (C=O) groups excluding carboxylic acids is 1. The average Bonchev–Trinajstić information content (AvgIpc) is 2.50. The van der Waals surface area contributed by atoms with Crippen LogP contribution in [0.15, 0.2) is 23.3 Å². The average molecular weight is 334 g/mol. The Morgan fingerprint density at radius 3 is 2.74 bits per heavy atom. The van der Waals surface area contributed by atoms with Crippen molar-refractivity contribution in [3.8, 4) is 0 Å². The van der Waals surface area contributed by atoms with Crippen molar-refractivity contribution in [3.63, 3.8) is 0 Å². The minimum Gasteiger partial charge on any atom is -0.382 e. The normalized spacial score (nSPS) is 10.7. The van der Waals surface area contributed by atoms with Crippen LogP contribution in [0.25, 0.3) is 0 Å². The third-order valence-corrected chi connectivity index (χ3v) is 3.24. The largest absolute Gasteiger partial charge is 0.382 e. The number of nitrogens with one attached hydrogen (secondary N) is 2. The summed E-state index contributed by atoms with van der Waals surface area (Å²) in [6.07, 6.45) is 1.19. The van der Waals surface area contributed by atoms with E-state index in [1.165, 1.54) is 6.34 Å². The predicted octanol–water partition coefficient (Wildman–Crippen LogP) is 1.70. The van der Waals surface area contributed by atoms with Crippen LogP contribution in [-0.2, 0) is 0 Å². The number of halogens is 1. The van der Waals surface area contributed by atoms with Crippen LogP contribution in [0.1, 0.15) is 21.6 Å². The lowest BCUT2D eigenvalue weighted by Gasteiger charge is -2.06. The van der Waals surface area contributed by atoms with Gasteiger partial charge in [0.25, 0.3) is 5.91 Å². The summed E-state index contributed by atoms with van der Waals surface area (Å²) >= 11 is 5.72. The van der Waals surface area contributed by atoms with Gasteiger partial charge in [-0.2, -0.15) is 5.10 Å². The second-order valence-corrected chi connectivity index (χ2v) is 5.15. The Balaban J connectivity index is 2.02. The fraction of sp³-hybridized carbons (Fsp3) is 0.143. The van der Waals surface area contributed by atoms with E-state index in [-0.39, 0.29) is 22.5 Å². The Morgan fingerprint density at radius 2 is 2.00 bits per heavy atom. The molecule has 0 saturated carbocycles. The second-order valence-electron chi connectivity index (χ2n) is 4.80. The SMILES string of the molecule is Cc1ccc(C)c(N/N=C/NC(=O)c2nc(Cl)c(N)nc2N)c1. The molecule has 8 nitrogen and oxygen atoms in total. The van der Waals surface area contributed by atoms with Crippen molar-refractivity contribution in [3.05, 3.63) is 40.2 Å². The number of rotatable bonds is 4. The summed E-state index contributed by atoms with van der Waals surface area (Å²) < 4.78 is 0. The highest BCUT2D eigenvalue weighted by molar-refractivity contribution is 6.31. The molecule has 6 N–H and O–H groups in total. The first-order chi connectivity index (χ1) is 10.9. The minimum atomic E-state index is -0.594. The van der Waals surface area contributed by atoms with E-state index < -0.39 is 5.91 Å². The van der Waals surface area contributed by atoms with Crippen molar-refractivity contribution in [2.24, 2.45) is 5.10 Å². The van der Waals surface area contributed by atoms with Crippen LogP contribution >= 0.6 is 11.6 Å². The summed E-state index contributed by atoms with van der Waals surface area (Å²) in [5, 5.41) is 6.25. The van der Waals surface area contributed by atoms with Gasteiger partial charge in [-0.15, -0.1) is 0 Å². The Bertz CT molecular complexity index is 776. The van der Waals surface area contributed by atoms with Crippen molar-refractivity contribution in [2.75, 3.05) is 16.9 Å². The number of aryl methyl sites for hydroxylation is 2. The van der Waals surface area contributed by atoms with E-state index in [2.05, 4.69) is 25.8 Å². The molecule has 0 atom stereocenters. The highest BCUT2D eigenvalue weighted by atomic mass is 35.5. The molecule has 23 heavy (non-hydrogen) atoms.